The third kappa shape index (κ3) is 4.03. The average Bonchev–Trinajstić information content (AvgIpc) is 3.35. The molecule has 0 radical (unpaired) electrons. The van der Waals surface area contributed by atoms with Crippen LogP contribution in [-0.2, 0) is 0 Å². The summed E-state index contributed by atoms with van der Waals surface area (Å²) >= 11 is 1.61. The van der Waals surface area contributed by atoms with E-state index >= 15 is 0 Å². The number of hydrogen-bond donors (Lipinski definition) is 1. The van der Waals surface area contributed by atoms with Gasteiger partial charge >= 0.3 is 0 Å². The second kappa shape index (κ2) is 8.29. The number of rotatable bonds is 5. The number of carbonyl (C=O) groups is 1. The number of piperidine rings is 1. The summed E-state index contributed by atoms with van der Waals surface area (Å²) in [5, 5.41) is 3.96. The van der Waals surface area contributed by atoms with E-state index in [1.165, 1.54) is 29.5 Å². The van der Waals surface area contributed by atoms with Crippen molar-refractivity contribution in [3.63, 3.8) is 0 Å². The van der Waals surface area contributed by atoms with Crippen molar-refractivity contribution in [3.05, 3.63) is 70.8 Å². The fourth-order valence-corrected chi connectivity index (χ4v) is 4.77. The first-order chi connectivity index (χ1) is 13.6. The number of hydrogen-bond acceptors (Lipinski definition) is 5. The highest BCUT2D eigenvalue weighted by atomic mass is 32.1. The van der Waals surface area contributed by atoms with Gasteiger partial charge in [-0.25, -0.2) is 0 Å². The molecule has 1 saturated heterocycles. The van der Waals surface area contributed by atoms with Crippen molar-refractivity contribution in [1.29, 1.82) is 0 Å². The number of thiophene rings is 1. The quantitative estimate of drug-likeness (QED) is 0.651. The normalized spacial score (nSPS) is 16.8. The van der Waals surface area contributed by atoms with Crippen molar-refractivity contribution in [1.82, 2.24) is 9.88 Å². The number of nitrogens with one attached hydrogen (secondary N) is 1. The number of amides is 1. The number of carbonyl (C=O) groups excluding carboxylic acids is 1. The van der Waals surface area contributed by atoms with Crippen LogP contribution in [0.2, 0.25) is 0 Å². The molecule has 0 aromatic carbocycles. The Morgan fingerprint density at radius 3 is 2.71 bits per heavy atom. The molecule has 146 valence electrons. The maximum absolute atomic E-state index is 12.6. The van der Waals surface area contributed by atoms with E-state index in [2.05, 4.69) is 47.2 Å². The number of pyridine rings is 1. The van der Waals surface area contributed by atoms with Crippen LogP contribution in [-0.4, -0.2) is 28.9 Å². The van der Waals surface area contributed by atoms with E-state index in [-0.39, 0.29) is 11.9 Å². The molecule has 0 aliphatic carbocycles. The van der Waals surface area contributed by atoms with Gasteiger partial charge in [-0.3, -0.25) is 14.7 Å². The molecule has 28 heavy (non-hydrogen) atoms. The standard InChI is InChI=1S/C22H25N3O2S/c1-15-7-11-25(12-8-15)20(17-5-9-23-10-6-17)18-14-16(2)28-22(18)24-21(26)19-4-3-13-27-19/h3-6,9-10,13-15,20H,7-8,11-12H2,1-2H3,(H,24,26)/t20-/m0/s1. The fraction of sp³-hybridized carbons (Fsp3) is 0.364. The van der Waals surface area contributed by atoms with Crippen molar-refractivity contribution in [3.8, 4) is 0 Å². The number of aryl methyl sites for hydroxylation is 1. The van der Waals surface area contributed by atoms with E-state index in [4.69, 9.17) is 4.42 Å². The van der Waals surface area contributed by atoms with E-state index < -0.39 is 0 Å². The zero-order valence-corrected chi connectivity index (χ0v) is 17.0. The molecule has 1 aliphatic rings. The lowest BCUT2D eigenvalue weighted by Gasteiger charge is -2.37. The Morgan fingerprint density at radius 2 is 2.04 bits per heavy atom. The van der Waals surface area contributed by atoms with Crippen LogP contribution in [0.25, 0.3) is 0 Å². The molecule has 5 nitrogen and oxygen atoms in total. The lowest BCUT2D eigenvalue weighted by atomic mass is 9.93. The van der Waals surface area contributed by atoms with Crippen LogP contribution in [0.3, 0.4) is 0 Å². The third-order valence-electron chi connectivity index (χ3n) is 5.36. The zero-order valence-electron chi connectivity index (χ0n) is 16.2. The van der Waals surface area contributed by atoms with Crippen LogP contribution in [0.1, 0.15) is 52.4 Å². The van der Waals surface area contributed by atoms with Crippen molar-refractivity contribution in [2.45, 2.75) is 32.7 Å². The molecular weight excluding hydrogens is 370 g/mol. The van der Waals surface area contributed by atoms with Gasteiger partial charge in [-0.15, -0.1) is 11.3 Å². The van der Waals surface area contributed by atoms with Crippen molar-refractivity contribution in [2.75, 3.05) is 18.4 Å². The van der Waals surface area contributed by atoms with Gasteiger partial charge in [0.1, 0.15) is 5.00 Å². The fourth-order valence-electron chi connectivity index (χ4n) is 3.83. The number of anilines is 1. The van der Waals surface area contributed by atoms with E-state index in [9.17, 15) is 4.79 Å². The smallest absolute Gasteiger partial charge is 0.291 e. The molecule has 4 heterocycles. The largest absolute Gasteiger partial charge is 0.459 e. The van der Waals surface area contributed by atoms with Gasteiger partial charge in [0.25, 0.3) is 5.91 Å². The molecule has 0 unspecified atom stereocenters. The molecule has 1 fully saturated rings. The van der Waals surface area contributed by atoms with Gasteiger partial charge in [0, 0.05) is 22.8 Å². The predicted octanol–water partition coefficient (Wildman–Crippen LogP) is 5.12. The minimum absolute atomic E-state index is 0.104. The second-order valence-electron chi connectivity index (χ2n) is 7.47. The summed E-state index contributed by atoms with van der Waals surface area (Å²) in [4.78, 5) is 20.5. The Bertz CT molecular complexity index is 913. The summed E-state index contributed by atoms with van der Waals surface area (Å²) in [6, 6.07) is 9.87. The topological polar surface area (TPSA) is 58.4 Å². The average molecular weight is 396 g/mol. The highest BCUT2D eigenvalue weighted by molar-refractivity contribution is 7.16. The minimum atomic E-state index is -0.214. The van der Waals surface area contributed by atoms with Crippen LogP contribution < -0.4 is 5.32 Å². The van der Waals surface area contributed by atoms with Crippen LogP contribution in [0, 0.1) is 12.8 Å². The van der Waals surface area contributed by atoms with Gasteiger partial charge in [0.15, 0.2) is 5.76 Å². The summed E-state index contributed by atoms with van der Waals surface area (Å²) < 4.78 is 5.26. The van der Waals surface area contributed by atoms with Gasteiger partial charge < -0.3 is 9.73 Å². The van der Waals surface area contributed by atoms with Crippen LogP contribution in [0.4, 0.5) is 5.00 Å². The van der Waals surface area contributed by atoms with Gasteiger partial charge in [-0.1, -0.05) is 6.92 Å². The molecule has 1 atom stereocenters. The Morgan fingerprint density at radius 1 is 1.29 bits per heavy atom. The summed E-state index contributed by atoms with van der Waals surface area (Å²) in [7, 11) is 0. The molecule has 1 amide bonds. The van der Waals surface area contributed by atoms with Crippen molar-refractivity contribution in [2.24, 2.45) is 5.92 Å². The summed E-state index contributed by atoms with van der Waals surface area (Å²) in [5.41, 5.74) is 2.35. The molecule has 0 bridgehead atoms. The molecule has 0 spiro atoms. The Labute approximate surface area is 169 Å². The molecule has 6 heteroatoms. The Kier molecular flexibility index (Phi) is 5.59. The second-order valence-corrected chi connectivity index (χ2v) is 8.73. The summed E-state index contributed by atoms with van der Waals surface area (Å²) in [6.45, 7) is 6.50. The van der Waals surface area contributed by atoms with E-state index in [0.29, 0.717) is 5.76 Å². The van der Waals surface area contributed by atoms with Crippen molar-refractivity contribution < 1.29 is 9.21 Å². The van der Waals surface area contributed by atoms with Crippen molar-refractivity contribution >= 4 is 22.2 Å². The van der Waals surface area contributed by atoms with Crippen LogP contribution >= 0.6 is 11.3 Å². The number of aromatic nitrogens is 1. The lowest BCUT2D eigenvalue weighted by molar-refractivity contribution is 0.0996. The first-order valence-electron chi connectivity index (χ1n) is 9.71. The van der Waals surface area contributed by atoms with Crippen LogP contribution in [0.5, 0.6) is 0 Å². The van der Waals surface area contributed by atoms with Crippen LogP contribution in [0.15, 0.2) is 53.4 Å². The number of furan rings is 1. The SMILES string of the molecule is Cc1cc([C@H](c2ccncc2)N2CCC(C)CC2)c(NC(=O)c2ccco2)s1. The molecule has 1 N–H and O–H groups in total. The van der Waals surface area contributed by atoms with Gasteiger partial charge in [0.05, 0.1) is 12.3 Å². The Balaban J connectivity index is 1.69. The summed E-state index contributed by atoms with van der Waals surface area (Å²) in [5.74, 6) is 0.870. The predicted molar refractivity (Wildman–Crippen MR) is 112 cm³/mol. The highest BCUT2D eigenvalue weighted by Crippen LogP contribution is 2.40. The zero-order chi connectivity index (χ0) is 19.5. The molecule has 0 saturated carbocycles. The van der Waals surface area contributed by atoms with Gasteiger partial charge in [0.2, 0.25) is 0 Å². The third-order valence-corrected chi connectivity index (χ3v) is 6.34. The maximum Gasteiger partial charge on any atom is 0.291 e. The monoisotopic (exact) mass is 395 g/mol. The van der Waals surface area contributed by atoms with Gasteiger partial charge in [-0.2, -0.15) is 0 Å². The summed E-state index contributed by atoms with van der Waals surface area (Å²) in [6.07, 6.45) is 7.59. The number of nitrogens with zero attached hydrogens (tertiary/aromatic N) is 2. The first kappa shape index (κ1) is 18.9. The van der Waals surface area contributed by atoms with Gasteiger partial charge in [-0.05, 0) is 74.7 Å². The van der Waals surface area contributed by atoms with E-state index in [0.717, 1.165) is 29.6 Å². The molecule has 3 aromatic rings. The highest BCUT2D eigenvalue weighted by Gasteiger charge is 2.29. The molecule has 1 aliphatic heterocycles. The minimum Gasteiger partial charge on any atom is -0.459 e. The Hall–Kier alpha value is -2.44. The maximum atomic E-state index is 12.6. The molecule has 3 aromatic heterocycles. The molecule has 4 rings (SSSR count). The first-order valence-corrected chi connectivity index (χ1v) is 10.5. The molecular formula is C22H25N3O2S. The lowest BCUT2D eigenvalue weighted by Crippen LogP contribution is -2.37. The number of likely N-dealkylation sites (tertiary alicyclic amines) is 1. The van der Waals surface area contributed by atoms with E-state index in [1.807, 2.05) is 12.4 Å². The van der Waals surface area contributed by atoms with E-state index in [1.54, 1.807) is 23.5 Å².